The number of carbonyl (C=O) groups is 1. The highest BCUT2D eigenvalue weighted by Gasteiger charge is 2.32. The van der Waals surface area contributed by atoms with Gasteiger partial charge in [0.25, 0.3) is 0 Å². The van der Waals surface area contributed by atoms with Crippen LogP contribution in [0.15, 0.2) is 77.9 Å². The number of hydrazone groups is 1. The molecular formula is C24H22F2N4O. The first-order valence-electron chi connectivity index (χ1n) is 9.86. The molecule has 0 fully saturated rings. The summed E-state index contributed by atoms with van der Waals surface area (Å²) in [6, 6.07) is 19.2. The Morgan fingerprint density at radius 1 is 0.935 bits per heavy atom. The summed E-state index contributed by atoms with van der Waals surface area (Å²) in [6.45, 7) is 0.292. The average Bonchev–Trinajstić information content (AvgIpc) is 3.21. The van der Waals surface area contributed by atoms with Gasteiger partial charge < -0.3 is 10.2 Å². The Kier molecular flexibility index (Phi) is 5.66. The third-order valence-corrected chi connectivity index (χ3v) is 5.20. The van der Waals surface area contributed by atoms with Crippen LogP contribution in [-0.4, -0.2) is 37.4 Å². The molecule has 0 aromatic heterocycles. The van der Waals surface area contributed by atoms with Gasteiger partial charge in [-0.25, -0.2) is 18.6 Å². The molecule has 158 valence electrons. The molecular weight excluding hydrogens is 398 g/mol. The molecule has 0 saturated heterocycles. The van der Waals surface area contributed by atoms with Crippen LogP contribution in [0, 0.1) is 11.6 Å². The lowest BCUT2D eigenvalue weighted by molar-refractivity contribution is 0.218. The van der Waals surface area contributed by atoms with Gasteiger partial charge in [0.2, 0.25) is 0 Å². The van der Waals surface area contributed by atoms with Crippen LogP contribution in [0.5, 0.6) is 0 Å². The first-order chi connectivity index (χ1) is 14.9. The summed E-state index contributed by atoms with van der Waals surface area (Å²) in [5.74, 6) is -0.942. The molecule has 0 radical (unpaired) electrons. The molecule has 1 aliphatic heterocycles. The highest BCUT2D eigenvalue weighted by atomic mass is 19.1. The predicted octanol–water partition coefficient (Wildman–Crippen LogP) is 5.07. The summed E-state index contributed by atoms with van der Waals surface area (Å²) in [5, 5.41) is 8.73. The Balaban J connectivity index is 1.59. The highest BCUT2D eigenvalue weighted by molar-refractivity contribution is 6.07. The maximum absolute atomic E-state index is 13.4. The maximum atomic E-state index is 13.4. The molecule has 5 nitrogen and oxygen atoms in total. The second-order valence-corrected chi connectivity index (χ2v) is 7.55. The second kappa shape index (κ2) is 8.55. The Labute approximate surface area is 179 Å². The highest BCUT2D eigenvalue weighted by Crippen LogP contribution is 2.29. The van der Waals surface area contributed by atoms with Gasteiger partial charge in [0, 0.05) is 31.4 Å². The van der Waals surface area contributed by atoms with Crippen LogP contribution in [-0.2, 0) is 0 Å². The average molecular weight is 420 g/mol. The van der Waals surface area contributed by atoms with E-state index >= 15 is 0 Å². The largest absolute Gasteiger partial charge is 0.378 e. The molecule has 1 N–H and O–H groups in total. The van der Waals surface area contributed by atoms with Gasteiger partial charge in [0.05, 0.1) is 12.3 Å². The molecule has 0 aliphatic carbocycles. The molecule has 0 bridgehead atoms. The Bertz CT molecular complexity index is 1090. The van der Waals surface area contributed by atoms with Gasteiger partial charge in [0.15, 0.2) is 0 Å². The van der Waals surface area contributed by atoms with E-state index < -0.39 is 0 Å². The first-order valence-corrected chi connectivity index (χ1v) is 9.86. The van der Waals surface area contributed by atoms with Gasteiger partial charge in [0.1, 0.15) is 11.6 Å². The molecule has 7 heteroatoms. The van der Waals surface area contributed by atoms with E-state index in [0.29, 0.717) is 23.5 Å². The molecule has 1 unspecified atom stereocenters. The van der Waals surface area contributed by atoms with Crippen LogP contribution in [0.3, 0.4) is 0 Å². The minimum Gasteiger partial charge on any atom is -0.378 e. The van der Waals surface area contributed by atoms with E-state index in [0.717, 1.165) is 11.3 Å². The van der Waals surface area contributed by atoms with Crippen molar-refractivity contribution < 1.29 is 13.6 Å². The van der Waals surface area contributed by atoms with Gasteiger partial charge in [-0.05, 0) is 59.7 Å². The lowest BCUT2D eigenvalue weighted by atomic mass is 9.90. The number of halogens is 2. The summed E-state index contributed by atoms with van der Waals surface area (Å²) in [7, 11) is 3.89. The van der Waals surface area contributed by atoms with Crippen molar-refractivity contribution in [1.82, 2.24) is 5.01 Å². The van der Waals surface area contributed by atoms with Crippen molar-refractivity contribution in [3.05, 3.63) is 95.6 Å². The predicted molar refractivity (Wildman–Crippen MR) is 119 cm³/mol. The van der Waals surface area contributed by atoms with Crippen molar-refractivity contribution >= 4 is 23.1 Å². The maximum Gasteiger partial charge on any atom is 0.342 e. The van der Waals surface area contributed by atoms with E-state index in [1.165, 1.54) is 29.3 Å². The summed E-state index contributed by atoms with van der Waals surface area (Å²) in [5.41, 5.74) is 3.84. The van der Waals surface area contributed by atoms with Crippen molar-refractivity contribution in [3.8, 4) is 0 Å². The number of urea groups is 1. The van der Waals surface area contributed by atoms with Crippen molar-refractivity contribution in [2.45, 2.75) is 5.92 Å². The van der Waals surface area contributed by atoms with Gasteiger partial charge in [-0.3, -0.25) is 0 Å². The minimum absolute atomic E-state index is 0.257. The molecule has 1 atom stereocenters. The fraction of sp³-hybridized carbons (Fsp3) is 0.167. The quantitative estimate of drug-likeness (QED) is 0.641. The molecule has 0 spiro atoms. The molecule has 1 aliphatic rings. The van der Waals surface area contributed by atoms with Crippen LogP contribution < -0.4 is 10.2 Å². The molecule has 4 rings (SSSR count). The standard InChI is InChI=1S/C24H22F2N4O/c1-29(2)21-13-11-20(12-14-21)27-24(31)30-15-22(16-3-7-18(25)8-4-16)23(28-30)17-5-9-19(26)10-6-17/h3-14,22H,15H2,1-2H3,(H,27,31). The third kappa shape index (κ3) is 4.55. The van der Waals surface area contributed by atoms with E-state index in [1.54, 1.807) is 24.3 Å². The van der Waals surface area contributed by atoms with Crippen molar-refractivity contribution in [3.63, 3.8) is 0 Å². The fourth-order valence-electron chi connectivity index (χ4n) is 3.50. The molecule has 0 saturated carbocycles. The molecule has 2 amide bonds. The topological polar surface area (TPSA) is 47.9 Å². The zero-order valence-corrected chi connectivity index (χ0v) is 17.2. The SMILES string of the molecule is CN(C)c1ccc(NC(=O)N2CC(c3ccc(F)cc3)C(c3ccc(F)cc3)=N2)cc1. The van der Waals surface area contributed by atoms with Crippen LogP contribution in [0.25, 0.3) is 0 Å². The lowest BCUT2D eigenvalue weighted by Crippen LogP contribution is -2.30. The third-order valence-electron chi connectivity index (χ3n) is 5.20. The van der Waals surface area contributed by atoms with Crippen molar-refractivity contribution in [2.24, 2.45) is 5.10 Å². The van der Waals surface area contributed by atoms with Gasteiger partial charge in [-0.1, -0.05) is 24.3 Å². The number of carbonyl (C=O) groups excluding carboxylic acids is 1. The summed E-state index contributed by atoms with van der Waals surface area (Å²) in [6.07, 6.45) is 0. The summed E-state index contributed by atoms with van der Waals surface area (Å²) < 4.78 is 26.8. The van der Waals surface area contributed by atoms with Crippen molar-refractivity contribution in [2.75, 3.05) is 30.9 Å². The number of hydrogen-bond acceptors (Lipinski definition) is 3. The Hall–Kier alpha value is -3.74. The van der Waals surface area contributed by atoms with Gasteiger partial charge in [-0.15, -0.1) is 0 Å². The lowest BCUT2D eigenvalue weighted by Gasteiger charge is -2.17. The van der Waals surface area contributed by atoms with E-state index in [4.69, 9.17) is 0 Å². The second-order valence-electron chi connectivity index (χ2n) is 7.55. The van der Waals surface area contributed by atoms with E-state index in [1.807, 2.05) is 43.3 Å². The zero-order valence-electron chi connectivity index (χ0n) is 17.2. The van der Waals surface area contributed by atoms with Crippen LogP contribution in [0.4, 0.5) is 25.0 Å². The Morgan fingerprint density at radius 2 is 1.52 bits per heavy atom. The van der Waals surface area contributed by atoms with Gasteiger partial charge in [-0.2, -0.15) is 5.10 Å². The number of amides is 2. The smallest absolute Gasteiger partial charge is 0.342 e. The molecule has 31 heavy (non-hydrogen) atoms. The summed E-state index contributed by atoms with van der Waals surface area (Å²) >= 11 is 0. The van der Waals surface area contributed by atoms with E-state index in [9.17, 15) is 13.6 Å². The minimum atomic E-state index is -0.373. The van der Waals surface area contributed by atoms with Crippen molar-refractivity contribution in [1.29, 1.82) is 0 Å². The normalized spacial score (nSPS) is 15.5. The Morgan fingerprint density at radius 3 is 2.10 bits per heavy atom. The zero-order chi connectivity index (χ0) is 22.0. The number of anilines is 2. The van der Waals surface area contributed by atoms with Crippen LogP contribution >= 0.6 is 0 Å². The van der Waals surface area contributed by atoms with Gasteiger partial charge >= 0.3 is 6.03 Å². The molecule has 1 heterocycles. The number of nitrogens with zero attached hydrogens (tertiary/aromatic N) is 3. The molecule has 3 aromatic carbocycles. The first kappa shape index (κ1) is 20.5. The van der Waals surface area contributed by atoms with Crippen LogP contribution in [0.2, 0.25) is 0 Å². The monoisotopic (exact) mass is 420 g/mol. The number of rotatable bonds is 4. The number of hydrogen-bond donors (Lipinski definition) is 1. The number of benzene rings is 3. The summed E-state index contributed by atoms with van der Waals surface area (Å²) in [4.78, 5) is 14.8. The van der Waals surface area contributed by atoms with Crippen LogP contribution in [0.1, 0.15) is 17.0 Å². The molecule has 3 aromatic rings. The number of nitrogens with one attached hydrogen (secondary N) is 1. The fourth-order valence-corrected chi connectivity index (χ4v) is 3.50. The van der Waals surface area contributed by atoms with E-state index in [-0.39, 0.29) is 23.6 Å². The van der Waals surface area contributed by atoms with E-state index in [2.05, 4.69) is 10.4 Å².